The van der Waals surface area contributed by atoms with Gasteiger partial charge in [-0.3, -0.25) is 4.98 Å². The van der Waals surface area contributed by atoms with E-state index in [1.165, 1.54) is 0 Å². The van der Waals surface area contributed by atoms with Crippen LogP contribution in [0.15, 0.2) is 42.9 Å². The predicted molar refractivity (Wildman–Crippen MR) is 112 cm³/mol. The highest BCUT2D eigenvalue weighted by molar-refractivity contribution is 5.67. The summed E-state index contributed by atoms with van der Waals surface area (Å²) < 4.78 is 11.7. The second kappa shape index (κ2) is 8.86. The molecule has 8 nitrogen and oxygen atoms in total. The van der Waals surface area contributed by atoms with Crippen LogP contribution < -0.4 is 15.4 Å². The van der Waals surface area contributed by atoms with Gasteiger partial charge in [0.05, 0.1) is 48.0 Å². The summed E-state index contributed by atoms with van der Waals surface area (Å²) in [5.41, 5.74) is 9.38. The highest BCUT2D eigenvalue weighted by atomic mass is 16.5. The fourth-order valence-corrected chi connectivity index (χ4v) is 3.18. The van der Waals surface area contributed by atoms with Crippen molar-refractivity contribution in [1.82, 2.24) is 15.0 Å². The number of hydrogen-bond acceptors (Lipinski definition) is 8. The molecule has 3 aromatic rings. The molecular formula is C22H22N6O2. The van der Waals surface area contributed by atoms with E-state index in [0.29, 0.717) is 48.2 Å². The number of pyridine rings is 1. The Morgan fingerprint density at radius 2 is 1.87 bits per heavy atom. The monoisotopic (exact) mass is 402 g/mol. The van der Waals surface area contributed by atoms with Gasteiger partial charge in [-0.2, -0.15) is 5.26 Å². The van der Waals surface area contributed by atoms with Gasteiger partial charge in [-0.25, -0.2) is 9.97 Å². The highest BCUT2D eigenvalue weighted by Crippen LogP contribution is 2.35. The summed E-state index contributed by atoms with van der Waals surface area (Å²) in [5, 5.41) is 9.35. The summed E-state index contributed by atoms with van der Waals surface area (Å²) >= 11 is 0. The molecule has 2 aromatic heterocycles. The normalized spacial score (nSPS) is 13.7. The van der Waals surface area contributed by atoms with Crippen molar-refractivity contribution in [2.24, 2.45) is 5.73 Å². The molecule has 0 amide bonds. The maximum atomic E-state index is 9.35. The van der Waals surface area contributed by atoms with Crippen LogP contribution in [-0.4, -0.2) is 41.3 Å². The maximum Gasteiger partial charge on any atom is 0.162 e. The third kappa shape index (κ3) is 4.22. The molecule has 0 spiro atoms. The van der Waals surface area contributed by atoms with Crippen LogP contribution in [0, 0.1) is 18.3 Å². The molecule has 1 aliphatic heterocycles. The number of hydrogen-bond donors (Lipinski definition) is 1. The smallest absolute Gasteiger partial charge is 0.162 e. The lowest BCUT2D eigenvalue weighted by molar-refractivity contribution is 0.122. The number of morpholine rings is 1. The van der Waals surface area contributed by atoms with Gasteiger partial charge in [-0.05, 0) is 25.1 Å². The molecule has 1 aliphatic rings. The lowest BCUT2D eigenvalue weighted by atomic mass is 10.1. The van der Waals surface area contributed by atoms with Crippen LogP contribution in [0.1, 0.15) is 16.8 Å². The zero-order chi connectivity index (χ0) is 20.9. The van der Waals surface area contributed by atoms with Crippen molar-refractivity contribution in [3.05, 3.63) is 59.7 Å². The number of benzene rings is 1. The molecule has 0 bridgehead atoms. The Balaban J connectivity index is 1.70. The van der Waals surface area contributed by atoms with Gasteiger partial charge in [-0.15, -0.1) is 0 Å². The van der Waals surface area contributed by atoms with Gasteiger partial charge in [0.25, 0.3) is 0 Å². The first-order valence-corrected chi connectivity index (χ1v) is 9.70. The van der Waals surface area contributed by atoms with E-state index in [1.54, 1.807) is 30.6 Å². The molecule has 4 rings (SSSR count). The number of nitrogens with zero attached hydrogens (tertiary/aromatic N) is 5. The quantitative estimate of drug-likeness (QED) is 0.694. The first-order chi connectivity index (χ1) is 14.7. The van der Waals surface area contributed by atoms with Gasteiger partial charge in [0.1, 0.15) is 5.75 Å². The predicted octanol–water partition coefficient (Wildman–Crippen LogP) is 2.81. The lowest BCUT2D eigenvalue weighted by Gasteiger charge is -2.29. The Bertz CT molecular complexity index is 1070. The molecule has 152 valence electrons. The lowest BCUT2D eigenvalue weighted by Crippen LogP contribution is -2.36. The van der Waals surface area contributed by atoms with Crippen molar-refractivity contribution in [1.29, 1.82) is 5.26 Å². The fraction of sp³-hybridized carbons (Fsp3) is 0.273. The maximum absolute atomic E-state index is 9.35. The van der Waals surface area contributed by atoms with E-state index in [2.05, 4.69) is 25.9 Å². The van der Waals surface area contributed by atoms with Crippen LogP contribution in [0.25, 0.3) is 11.4 Å². The Morgan fingerprint density at radius 1 is 1.10 bits per heavy atom. The minimum atomic E-state index is 0.371. The minimum Gasteiger partial charge on any atom is -0.455 e. The highest BCUT2D eigenvalue weighted by Gasteiger charge is 2.16. The zero-order valence-electron chi connectivity index (χ0n) is 16.7. The van der Waals surface area contributed by atoms with Crippen molar-refractivity contribution < 1.29 is 9.47 Å². The van der Waals surface area contributed by atoms with Crippen LogP contribution in [0.3, 0.4) is 0 Å². The Kier molecular flexibility index (Phi) is 5.84. The fourth-order valence-electron chi connectivity index (χ4n) is 3.18. The average molecular weight is 402 g/mol. The summed E-state index contributed by atoms with van der Waals surface area (Å²) in [6.07, 6.45) is 5.22. The van der Waals surface area contributed by atoms with E-state index in [9.17, 15) is 5.26 Å². The number of nitriles is 1. The second-order valence-corrected chi connectivity index (χ2v) is 6.92. The van der Waals surface area contributed by atoms with Crippen LogP contribution in [0.2, 0.25) is 0 Å². The number of ether oxygens (including phenoxy) is 2. The van der Waals surface area contributed by atoms with Gasteiger partial charge in [0, 0.05) is 43.7 Å². The van der Waals surface area contributed by atoms with E-state index >= 15 is 0 Å². The van der Waals surface area contributed by atoms with E-state index < -0.39 is 0 Å². The van der Waals surface area contributed by atoms with Crippen molar-refractivity contribution in [2.75, 3.05) is 31.2 Å². The van der Waals surface area contributed by atoms with Gasteiger partial charge >= 0.3 is 0 Å². The molecule has 3 heterocycles. The molecule has 0 atom stereocenters. The van der Waals surface area contributed by atoms with Crippen LogP contribution >= 0.6 is 0 Å². The van der Waals surface area contributed by atoms with Gasteiger partial charge in [0.2, 0.25) is 0 Å². The first-order valence-electron chi connectivity index (χ1n) is 9.70. The number of anilines is 1. The molecular weight excluding hydrogens is 380 g/mol. The molecule has 1 saturated heterocycles. The standard InChI is InChI=1S/C22H22N6O2/c1-15-20(9-18(14-25-15)28-4-6-29-7-5-28)30-21-8-16(10-23)2-3-19(21)22-26-12-17(11-24)13-27-22/h2-3,8-9,12-14H,4-7,11,24H2,1H3. The SMILES string of the molecule is Cc1ncc(N2CCOCC2)cc1Oc1cc(C#N)ccc1-c1ncc(CN)cn1. The third-order valence-electron chi connectivity index (χ3n) is 4.91. The van der Waals surface area contributed by atoms with Crippen molar-refractivity contribution >= 4 is 5.69 Å². The van der Waals surface area contributed by atoms with E-state index in [1.807, 2.05) is 19.2 Å². The summed E-state index contributed by atoms with van der Waals surface area (Å²) in [6.45, 7) is 5.25. The molecule has 8 heteroatoms. The Labute approximate surface area is 174 Å². The molecule has 1 fully saturated rings. The molecule has 30 heavy (non-hydrogen) atoms. The molecule has 1 aromatic carbocycles. The number of aromatic nitrogens is 3. The van der Waals surface area contributed by atoms with Crippen LogP contribution in [0.5, 0.6) is 11.5 Å². The molecule has 2 N–H and O–H groups in total. The summed E-state index contributed by atoms with van der Waals surface area (Å²) in [7, 11) is 0. The topological polar surface area (TPSA) is 110 Å². The zero-order valence-corrected chi connectivity index (χ0v) is 16.7. The molecule has 0 aliphatic carbocycles. The second-order valence-electron chi connectivity index (χ2n) is 6.92. The van der Waals surface area contributed by atoms with Crippen LogP contribution in [0.4, 0.5) is 5.69 Å². The molecule has 0 saturated carbocycles. The third-order valence-corrected chi connectivity index (χ3v) is 4.91. The van der Waals surface area contributed by atoms with Gasteiger partial charge in [-0.1, -0.05) is 0 Å². The summed E-state index contributed by atoms with van der Waals surface area (Å²) in [4.78, 5) is 15.5. The number of rotatable bonds is 5. The summed E-state index contributed by atoms with van der Waals surface area (Å²) in [6, 6.07) is 9.32. The van der Waals surface area contributed by atoms with Gasteiger partial charge < -0.3 is 20.1 Å². The summed E-state index contributed by atoms with van der Waals surface area (Å²) in [5.74, 6) is 1.62. The Hall–Kier alpha value is -3.54. The average Bonchev–Trinajstić information content (AvgIpc) is 2.81. The number of aryl methyl sites for hydroxylation is 1. The molecule has 0 unspecified atom stereocenters. The van der Waals surface area contributed by atoms with Crippen LogP contribution in [-0.2, 0) is 11.3 Å². The van der Waals surface area contributed by atoms with Crippen molar-refractivity contribution in [2.45, 2.75) is 13.5 Å². The van der Waals surface area contributed by atoms with Crippen molar-refractivity contribution in [3.8, 4) is 29.0 Å². The number of nitrogens with two attached hydrogens (primary N) is 1. The Morgan fingerprint density at radius 3 is 2.57 bits per heavy atom. The first kappa shape index (κ1) is 19.8. The van der Waals surface area contributed by atoms with Crippen molar-refractivity contribution in [3.63, 3.8) is 0 Å². The largest absolute Gasteiger partial charge is 0.455 e. The minimum absolute atomic E-state index is 0.371. The van der Waals surface area contributed by atoms with E-state index in [-0.39, 0.29) is 0 Å². The van der Waals surface area contributed by atoms with E-state index in [4.69, 9.17) is 15.2 Å². The van der Waals surface area contributed by atoms with Gasteiger partial charge in [0.15, 0.2) is 11.6 Å². The molecule has 0 radical (unpaired) electrons. The van der Waals surface area contributed by atoms with E-state index in [0.717, 1.165) is 30.0 Å².